The fourth-order valence-electron chi connectivity index (χ4n) is 6.05. The highest BCUT2D eigenvalue weighted by Crippen LogP contribution is 2.63. The molecule has 3 rings (SSSR count). The van der Waals surface area contributed by atoms with Crippen LogP contribution in [0.5, 0.6) is 0 Å². The minimum absolute atomic E-state index is 0.0293. The third-order valence-electron chi connectivity index (χ3n) is 7.40. The van der Waals surface area contributed by atoms with Gasteiger partial charge in [0.2, 0.25) is 0 Å². The summed E-state index contributed by atoms with van der Waals surface area (Å²) in [5.74, 6) is -0.0454. The van der Waals surface area contributed by atoms with E-state index in [9.17, 15) is 15.3 Å². The normalized spacial score (nSPS) is 45.8. The van der Waals surface area contributed by atoms with Gasteiger partial charge in [-0.05, 0) is 55.1 Å². The molecular weight excluding hydrogens is 304 g/mol. The number of fused-ring (bicyclic) bond motifs is 1. The molecule has 0 radical (unpaired) electrons. The van der Waals surface area contributed by atoms with Crippen molar-refractivity contribution in [1.29, 1.82) is 0 Å². The summed E-state index contributed by atoms with van der Waals surface area (Å²) in [5.41, 5.74) is -0.451. The minimum Gasteiger partial charge on any atom is -0.472 e. The topological polar surface area (TPSA) is 73.8 Å². The van der Waals surface area contributed by atoms with Crippen LogP contribution in [0.3, 0.4) is 0 Å². The van der Waals surface area contributed by atoms with Crippen LogP contribution in [0.15, 0.2) is 23.0 Å². The lowest BCUT2D eigenvalue weighted by atomic mass is 9.43. The van der Waals surface area contributed by atoms with Crippen LogP contribution >= 0.6 is 0 Å². The van der Waals surface area contributed by atoms with Gasteiger partial charge < -0.3 is 19.7 Å². The minimum atomic E-state index is -0.842. The average Bonchev–Trinajstić information content (AvgIpc) is 3.04. The molecule has 24 heavy (non-hydrogen) atoms. The Morgan fingerprint density at radius 1 is 1.29 bits per heavy atom. The summed E-state index contributed by atoms with van der Waals surface area (Å²) in [7, 11) is 0. The molecule has 6 atom stereocenters. The summed E-state index contributed by atoms with van der Waals surface area (Å²) in [4.78, 5) is 0. The smallest absolute Gasteiger partial charge is 0.0934 e. The summed E-state index contributed by atoms with van der Waals surface area (Å²) >= 11 is 0. The van der Waals surface area contributed by atoms with Crippen LogP contribution in [0.2, 0.25) is 0 Å². The van der Waals surface area contributed by atoms with E-state index in [-0.39, 0.29) is 29.3 Å². The molecule has 136 valence electrons. The van der Waals surface area contributed by atoms with Gasteiger partial charge in [0.25, 0.3) is 0 Å². The van der Waals surface area contributed by atoms with Gasteiger partial charge in [0.1, 0.15) is 0 Å². The van der Waals surface area contributed by atoms with Crippen LogP contribution in [0, 0.1) is 22.7 Å². The Morgan fingerprint density at radius 2 is 2.04 bits per heavy atom. The van der Waals surface area contributed by atoms with E-state index in [1.54, 1.807) is 12.5 Å². The Kier molecular flexibility index (Phi) is 4.61. The second-order valence-corrected chi connectivity index (χ2v) is 8.82. The van der Waals surface area contributed by atoms with Gasteiger partial charge in [0.05, 0.1) is 24.2 Å². The molecule has 0 amide bonds. The largest absolute Gasteiger partial charge is 0.472 e. The molecule has 2 fully saturated rings. The van der Waals surface area contributed by atoms with Crippen LogP contribution in [-0.4, -0.2) is 33.6 Å². The van der Waals surface area contributed by atoms with Crippen molar-refractivity contribution in [3.63, 3.8) is 0 Å². The lowest BCUT2D eigenvalue weighted by Crippen LogP contribution is -2.67. The van der Waals surface area contributed by atoms with E-state index < -0.39 is 11.7 Å². The molecular formula is C20H32O4. The summed E-state index contributed by atoms with van der Waals surface area (Å²) in [6, 6.07) is 1.95. The van der Waals surface area contributed by atoms with Gasteiger partial charge in [-0.3, -0.25) is 0 Å². The van der Waals surface area contributed by atoms with E-state index in [2.05, 4.69) is 20.8 Å². The maximum absolute atomic E-state index is 11.8. The van der Waals surface area contributed by atoms with Gasteiger partial charge in [0.15, 0.2) is 0 Å². The Labute approximate surface area is 144 Å². The molecule has 2 aliphatic carbocycles. The molecule has 1 aromatic heterocycles. The van der Waals surface area contributed by atoms with E-state index in [0.717, 1.165) is 31.2 Å². The Hall–Kier alpha value is -0.840. The molecule has 0 unspecified atom stereocenters. The standard InChI is InChI=1S/C20H32O4/c1-14-11-16(22)17-18(2,13-21)7-4-8-19(17,3)20(14,23)9-5-15-6-10-24-12-15/h6,10,12,14,16-17,21-23H,4-5,7-9,11,13H2,1-3H3/t14-,16+,17-,18+,19-,20+/m0/s1. The molecule has 3 N–H and O–H groups in total. The summed E-state index contributed by atoms with van der Waals surface area (Å²) < 4.78 is 5.16. The molecule has 0 aliphatic heterocycles. The molecule has 0 saturated heterocycles. The monoisotopic (exact) mass is 336 g/mol. The first-order valence-corrected chi connectivity index (χ1v) is 9.29. The lowest BCUT2D eigenvalue weighted by molar-refractivity contribution is -0.251. The first-order valence-electron chi connectivity index (χ1n) is 9.29. The maximum Gasteiger partial charge on any atom is 0.0934 e. The fraction of sp³-hybridized carbons (Fsp3) is 0.800. The molecule has 4 heteroatoms. The number of furan rings is 1. The summed E-state index contributed by atoms with van der Waals surface area (Å²) in [6.07, 6.45) is 7.77. The SMILES string of the molecule is C[C@H]1C[C@@H](O)[C@H]2[C@@](C)(CO)CCC[C@]2(C)[C@@]1(O)CCc1ccoc1. The molecule has 2 saturated carbocycles. The van der Waals surface area contributed by atoms with Crippen LogP contribution in [0.4, 0.5) is 0 Å². The van der Waals surface area contributed by atoms with E-state index in [1.807, 2.05) is 6.07 Å². The number of aliphatic hydroxyl groups excluding tert-OH is 2. The fourth-order valence-corrected chi connectivity index (χ4v) is 6.05. The van der Waals surface area contributed by atoms with Crippen molar-refractivity contribution in [3.8, 4) is 0 Å². The summed E-state index contributed by atoms with van der Waals surface area (Å²) in [5, 5.41) is 32.7. The van der Waals surface area contributed by atoms with Gasteiger partial charge >= 0.3 is 0 Å². The van der Waals surface area contributed by atoms with Gasteiger partial charge in [-0.25, -0.2) is 0 Å². The molecule has 0 spiro atoms. The van der Waals surface area contributed by atoms with E-state index in [4.69, 9.17) is 4.42 Å². The average molecular weight is 336 g/mol. The van der Waals surface area contributed by atoms with Crippen molar-refractivity contribution in [2.75, 3.05) is 6.61 Å². The van der Waals surface area contributed by atoms with Crippen LogP contribution in [0.1, 0.15) is 58.4 Å². The predicted octanol–water partition coefficient (Wildman–Crippen LogP) is 3.15. The van der Waals surface area contributed by atoms with Crippen molar-refractivity contribution in [2.45, 2.75) is 71.0 Å². The highest BCUT2D eigenvalue weighted by Gasteiger charge is 2.64. The van der Waals surface area contributed by atoms with Gasteiger partial charge in [0, 0.05) is 17.9 Å². The molecule has 2 aliphatic rings. The molecule has 0 bridgehead atoms. The zero-order valence-corrected chi connectivity index (χ0v) is 15.2. The second-order valence-electron chi connectivity index (χ2n) is 8.82. The van der Waals surface area contributed by atoms with Gasteiger partial charge in [-0.2, -0.15) is 0 Å². The van der Waals surface area contributed by atoms with Crippen molar-refractivity contribution >= 4 is 0 Å². The molecule has 4 nitrogen and oxygen atoms in total. The second kappa shape index (κ2) is 6.15. The predicted molar refractivity (Wildman–Crippen MR) is 92.4 cm³/mol. The third kappa shape index (κ3) is 2.54. The van der Waals surface area contributed by atoms with Crippen molar-refractivity contribution in [3.05, 3.63) is 24.2 Å². The first kappa shape index (κ1) is 18.0. The first-order chi connectivity index (χ1) is 11.3. The molecule has 1 aromatic rings. The number of aryl methyl sites for hydroxylation is 1. The lowest BCUT2D eigenvalue weighted by Gasteiger charge is -2.64. The summed E-state index contributed by atoms with van der Waals surface area (Å²) in [6.45, 7) is 6.34. The van der Waals surface area contributed by atoms with Crippen molar-refractivity contribution < 1.29 is 19.7 Å². The van der Waals surface area contributed by atoms with Gasteiger partial charge in [-0.15, -0.1) is 0 Å². The van der Waals surface area contributed by atoms with E-state index in [1.165, 1.54) is 0 Å². The highest BCUT2D eigenvalue weighted by atomic mass is 16.3. The van der Waals surface area contributed by atoms with E-state index in [0.29, 0.717) is 12.8 Å². The Morgan fingerprint density at radius 3 is 2.67 bits per heavy atom. The molecule has 1 heterocycles. The Bertz CT molecular complexity index is 556. The highest BCUT2D eigenvalue weighted by molar-refractivity contribution is 5.16. The van der Waals surface area contributed by atoms with Crippen molar-refractivity contribution in [2.24, 2.45) is 22.7 Å². The van der Waals surface area contributed by atoms with Crippen molar-refractivity contribution in [1.82, 2.24) is 0 Å². The quantitative estimate of drug-likeness (QED) is 0.790. The van der Waals surface area contributed by atoms with Crippen LogP contribution in [0.25, 0.3) is 0 Å². The Balaban J connectivity index is 1.94. The van der Waals surface area contributed by atoms with Gasteiger partial charge in [-0.1, -0.05) is 27.2 Å². The zero-order chi connectivity index (χ0) is 17.6. The van der Waals surface area contributed by atoms with E-state index >= 15 is 0 Å². The van der Waals surface area contributed by atoms with Crippen LogP contribution < -0.4 is 0 Å². The number of rotatable bonds is 4. The number of aliphatic hydroxyl groups is 3. The maximum atomic E-state index is 11.8. The van der Waals surface area contributed by atoms with Crippen LogP contribution in [-0.2, 0) is 6.42 Å². The number of hydrogen-bond acceptors (Lipinski definition) is 4. The number of hydrogen-bond donors (Lipinski definition) is 3. The molecule has 0 aromatic carbocycles. The third-order valence-corrected chi connectivity index (χ3v) is 7.40. The zero-order valence-electron chi connectivity index (χ0n) is 15.2.